The summed E-state index contributed by atoms with van der Waals surface area (Å²) in [5.74, 6) is 0.0764. The summed E-state index contributed by atoms with van der Waals surface area (Å²) in [5.41, 5.74) is 1.80. The summed E-state index contributed by atoms with van der Waals surface area (Å²) in [6.45, 7) is 4.56. The van der Waals surface area contributed by atoms with Crippen LogP contribution in [-0.2, 0) is 0 Å². The number of amides is 1. The number of carbonyl (C=O) groups is 1. The Morgan fingerprint density at radius 1 is 1.53 bits per heavy atom. The van der Waals surface area contributed by atoms with Crippen LogP contribution in [0, 0.1) is 6.92 Å². The van der Waals surface area contributed by atoms with Crippen molar-refractivity contribution in [3.05, 3.63) is 33.8 Å². The van der Waals surface area contributed by atoms with Crippen molar-refractivity contribution < 1.29 is 9.90 Å². The lowest BCUT2D eigenvalue weighted by Gasteiger charge is -2.26. The molecule has 1 aromatic carbocycles. The molecule has 0 bridgehead atoms. The Morgan fingerprint density at radius 3 is 2.89 bits per heavy atom. The SMILES string of the molecule is Cc1cc(Br)cc(C(=O)N2CCC[C@H]2C[C@H](C)O)c1. The zero-order valence-corrected chi connectivity index (χ0v) is 13.0. The average molecular weight is 326 g/mol. The number of benzene rings is 1. The topological polar surface area (TPSA) is 40.5 Å². The highest BCUT2D eigenvalue weighted by Gasteiger charge is 2.30. The highest BCUT2D eigenvalue weighted by Crippen LogP contribution is 2.25. The van der Waals surface area contributed by atoms with Gasteiger partial charge in [-0.2, -0.15) is 0 Å². The Balaban J connectivity index is 2.18. The zero-order valence-electron chi connectivity index (χ0n) is 11.4. The molecule has 0 radical (unpaired) electrons. The first-order chi connectivity index (χ1) is 8.97. The Labute approximate surface area is 122 Å². The second kappa shape index (κ2) is 6.06. The number of aryl methyl sites for hydroxylation is 1. The van der Waals surface area contributed by atoms with Crippen LogP contribution in [0.5, 0.6) is 0 Å². The van der Waals surface area contributed by atoms with E-state index < -0.39 is 0 Å². The van der Waals surface area contributed by atoms with Crippen LogP contribution in [0.3, 0.4) is 0 Å². The van der Waals surface area contributed by atoms with Gasteiger partial charge in [0, 0.05) is 22.6 Å². The molecule has 0 unspecified atom stereocenters. The molecule has 4 heteroatoms. The summed E-state index contributed by atoms with van der Waals surface area (Å²) < 4.78 is 0.933. The largest absolute Gasteiger partial charge is 0.393 e. The minimum atomic E-state index is -0.359. The second-order valence-electron chi connectivity index (χ2n) is 5.40. The third-order valence-electron chi connectivity index (χ3n) is 3.54. The van der Waals surface area contributed by atoms with E-state index in [4.69, 9.17) is 0 Å². The summed E-state index contributed by atoms with van der Waals surface area (Å²) in [6, 6.07) is 5.96. The molecule has 1 aliphatic rings. The van der Waals surface area contributed by atoms with Gasteiger partial charge in [-0.05, 0) is 56.9 Å². The van der Waals surface area contributed by atoms with E-state index in [1.807, 2.05) is 30.0 Å². The van der Waals surface area contributed by atoms with Crippen LogP contribution in [-0.4, -0.2) is 34.6 Å². The number of rotatable bonds is 3. The van der Waals surface area contributed by atoms with Gasteiger partial charge in [0.2, 0.25) is 0 Å². The van der Waals surface area contributed by atoms with Crippen molar-refractivity contribution in [2.24, 2.45) is 0 Å². The van der Waals surface area contributed by atoms with Gasteiger partial charge in [0.15, 0.2) is 0 Å². The van der Waals surface area contributed by atoms with E-state index in [9.17, 15) is 9.90 Å². The molecule has 2 rings (SSSR count). The van der Waals surface area contributed by atoms with Gasteiger partial charge in [-0.1, -0.05) is 15.9 Å². The molecule has 3 nitrogen and oxygen atoms in total. The van der Waals surface area contributed by atoms with E-state index in [1.54, 1.807) is 6.92 Å². The van der Waals surface area contributed by atoms with Crippen molar-refractivity contribution in [2.45, 2.75) is 45.3 Å². The van der Waals surface area contributed by atoms with Crippen molar-refractivity contribution in [3.63, 3.8) is 0 Å². The first-order valence-electron chi connectivity index (χ1n) is 6.73. The molecule has 0 saturated carbocycles. The van der Waals surface area contributed by atoms with Crippen molar-refractivity contribution in [3.8, 4) is 0 Å². The fourth-order valence-electron chi connectivity index (χ4n) is 2.77. The maximum atomic E-state index is 12.6. The molecule has 1 aliphatic heterocycles. The molecule has 0 aliphatic carbocycles. The van der Waals surface area contributed by atoms with Crippen LogP contribution < -0.4 is 0 Å². The van der Waals surface area contributed by atoms with Crippen LogP contribution >= 0.6 is 15.9 Å². The summed E-state index contributed by atoms with van der Waals surface area (Å²) in [4.78, 5) is 14.5. The standard InChI is InChI=1S/C15H20BrNO2/c1-10-6-12(9-13(16)7-10)15(19)17-5-3-4-14(17)8-11(2)18/h6-7,9,11,14,18H,3-5,8H2,1-2H3/t11-,14-/m0/s1. The smallest absolute Gasteiger partial charge is 0.254 e. The fraction of sp³-hybridized carbons (Fsp3) is 0.533. The number of carbonyl (C=O) groups excluding carboxylic acids is 1. The van der Waals surface area contributed by atoms with Crippen molar-refractivity contribution in [2.75, 3.05) is 6.54 Å². The number of nitrogens with zero attached hydrogens (tertiary/aromatic N) is 1. The van der Waals surface area contributed by atoms with Gasteiger partial charge in [-0.15, -0.1) is 0 Å². The third-order valence-corrected chi connectivity index (χ3v) is 4.00. The van der Waals surface area contributed by atoms with Gasteiger partial charge < -0.3 is 10.0 Å². The predicted molar refractivity (Wildman–Crippen MR) is 79.2 cm³/mol. The Kier molecular flexibility index (Phi) is 4.63. The third kappa shape index (κ3) is 3.57. The quantitative estimate of drug-likeness (QED) is 0.927. The zero-order chi connectivity index (χ0) is 14.0. The van der Waals surface area contributed by atoms with Crippen molar-refractivity contribution in [1.29, 1.82) is 0 Å². The number of aliphatic hydroxyl groups is 1. The van der Waals surface area contributed by atoms with E-state index in [1.165, 1.54) is 0 Å². The molecule has 19 heavy (non-hydrogen) atoms. The lowest BCUT2D eigenvalue weighted by atomic mass is 10.1. The van der Waals surface area contributed by atoms with Crippen LogP contribution in [0.4, 0.5) is 0 Å². The Morgan fingerprint density at radius 2 is 2.26 bits per heavy atom. The minimum Gasteiger partial charge on any atom is -0.393 e. The monoisotopic (exact) mass is 325 g/mol. The highest BCUT2D eigenvalue weighted by atomic mass is 79.9. The van der Waals surface area contributed by atoms with Gasteiger partial charge in [0.25, 0.3) is 5.91 Å². The Bertz CT molecular complexity index is 453. The average Bonchev–Trinajstić information content (AvgIpc) is 2.73. The molecule has 1 amide bonds. The normalized spacial score (nSPS) is 20.6. The summed E-state index contributed by atoms with van der Waals surface area (Å²) in [7, 11) is 0. The van der Waals surface area contributed by atoms with E-state index in [0.717, 1.165) is 35.0 Å². The van der Waals surface area contributed by atoms with Crippen LogP contribution in [0.1, 0.15) is 42.1 Å². The van der Waals surface area contributed by atoms with Gasteiger partial charge >= 0.3 is 0 Å². The first kappa shape index (κ1) is 14.5. The van der Waals surface area contributed by atoms with Gasteiger partial charge in [-0.25, -0.2) is 0 Å². The van der Waals surface area contributed by atoms with E-state index in [2.05, 4.69) is 15.9 Å². The maximum absolute atomic E-state index is 12.6. The van der Waals surface area contributed by atoms with Crippen LogP contribution in [0.2, 0.25) is 0 Å². The summed E-state index contributed by atoms with van der Waals surface area (Å²) >= 11 is 3.43. The maximum Gasteiger partial charge on any atom is 0.254 e. The van der Waals surface area contributed by atoms with Gasteiger partial charge in [0.05, 0.1) is 6.10 Å². The van der Waals surface area contributed by atoms with Gasteiger partial charge in [-0.3, -0.25) is 4.79 Å². The Hall–Kier alpha value is -0.870. The number of aliphatic hydroxyl groups excluding tert-OH is 1. The van der Waals surface area contributed by atoms with Crippen LogP contribution in [0.15, 0.2) is 22.7 Å². The van der Waals surface area contributed by atoms with Crippen molar-refractivity contribution >= 4 is 21.8 Å². The van der Waals surface area contributed by atoms with Gasteiger partial charge in [0.1, 0.15) is 0 Å². The molecule has 1 aromatic rings. The van der Waals surface area contributed by atoms with E-state index in [0.29, 0.717) is 6.42 Å². The molecule has 104 valence electrons. The minimum absolute atomic E-state index is 0.0764. The molecule has 2 atom stereocenters. The summed E-state index contributed by atoms with van der Waals surface area (Å²) in [5, 5.41) is 9.53. The van der Waals surface area contributed by atoms with Crippen LogP contribution in [0.25, 0.3) is 0 Å². The lowest BCUT2D eigenvalue weighted by molar-refractivity contribution is 0.0682. The van der Waals surface area contributed by atoms with E-state index >= 15 is 0 Å². The lowest BCUT2D eigenvalue weighted by Crippen LogP contribution is -2.37. The second-order valence-corrected chi connectivity index (χ2v) is 6.31. The molecular weight excluding hydrogens is 306 g/mol. The predicted octanol–water partition coefficient (Wildman–Crippen LogP) is 3.13. The molecule has 1 N–H and O–H groups in total. The number of halogens is 1. The molecule has 0 aromatic heterocycles. The molecule has 0 spiro atoms. The summed E-state index contributed by atoms with van der Waals surface area (Å²) in [6.07, 6.45) is 2.32. The van der Waals surface area contributed by atoms with E-state index in [-0.39, 0.29) is 18.1 Å². The number of hydrogen-bond acceptors (Lipinski definition) is 2. The molecule has 1 fully saturated rings. The number of likely N-dealkylation sites (tertiary alicyclic amines) is 1. The van der Waals surface area contributed by atoms with Crippen molar-refractivity contribution in [1.82, 2.24) is 4.90 Å². The molecule has 1 heterocycles. The number of hydrogen-bond donors (Lipinski definition) is 1. The first-order valence-corrected chi connectivity index (χ1v) is 7.53. The highest BCUT2D eigenvalue weighted by molar-refractivity contribution is 9.10. The fourth-order valence-corrected chi connectivity index (χ4v) is 3.38. The molecule has 1 saturated heterocycles. The molecular formula is C15H20BrNO2.